The van der Waals surface area contributed by atoms with Crippen molar-refractivity contribution < 1.29 is 4.79 Å². The van der Waals surface area contributed by atoms with Gasteiger partial charge in [-0.25, -0.2) is 0 Å². The Morgan fingerprint density at radius 2 is 2.00 bits per heavy atom. The number of rotatable bonds is 2. The van der Waals surface area contributed by atoms with E-state index in [1.165, 1.54) is 16.7 Å². The van der Waals surface area contributed by atoms with Crippen LogP contribution in [0.3, 0.4) is 0 Å². The Morgan fingerprint density at radius 1 is 1.29 bits per heavy atom. The second-order valence-corrected chi connectivity index (χ2v) is 4.05. The topological polar surface area (TPSA) is 17.1 Å². The zero-order chi connectivity index (χ0) is 10.1. The number of benzene rings is 1. The highest BCUT2D eigenvalue weighted by Crippen LogP contribution is 2.36. The molecular weight excluding hydrogens is 172 g/mol. The van der Waals surface area contributed by atoms with Gasteiger partial charge >= 0.3 is 0 Å². The van der Waals surface area contributed by atoms with Crippen molar-refractivity contribution in [2.24, 2.45) is 5.92 Å². The summed E-state index contributed by atoms with van der Waals surface area (Å²) in [5, 5.41) is 0. The van der Waals surface area contributed by atoms with Crippen LogP contribution in [0.4, 0.5) is 0 Å². The molecule has 14 heavy (non-hydrogen) atoms. The molecule has 0 aromatic heterocycles. The second kappa shape index (κ2) is 3.41. The summed E-state index contributed by atoms with van der Waals surface area (Å²) in [5.74, 6) is 0.429. The number of hydrogen-bond donors (Lipinski definition) is 0. The molecule has 0 N–H and O–H groups in total. The van der Waals surface area contributed by atoms with Crippen molar-refractivity contribution in [3.8, 4) is 0 Å². The Hall–Kier alpha value is -1.37. The number of carbonyl (C=O) groups is 1. The van der Waals surface area contributed by atoms with E-state index in [2.05, 4.69) is 26.0 Å². The van der Waals surface area contributed by atoms with Crippen LogP contribution in [0.1, 0.15) is 25.0 Å². The fraction of sp³-hybridized carbons (Fsp3) is 0.308. The maximum Gasteiger partial charge on any atom is 0.146 e. The van der Waals surface area contributed by atoms with Crippen LogP contribution in [-0.4, -0.2) is 6.29 Å². The summed E-state index contributed by atoms with van der Waals surface area (Å²) in [6.07, 6.45) is 1.82. The minimum atomic E-state index is 0.429. The van der Waals surface area contributed by atoms with Gasteiger partial charge in [-0.1, -0.05) is 38.1 Å². The fourth-order valence-electron chi connectivity index (χ4n) is 2.20. The fourth-order valence-corrected chi connectivity index (χ4v) is 2.20. The van der Waals surface area contributed by atoms with Crippen molar-refractivity contribution >= 4 is 11.9 Å². The third-order valence-electron chi connectivity index (χ3n) is 2.75. The average Bonchev–Trinajstić information content (AvgIpc) is 2.55. The molecule has 0 saturated carbocycles. The third kappa shape index (κ3) is 1.29. The Bertz CT molecular complexity index is 399. The maximum atomic E-state index is 10.9. The Labute approximate surface area is 84.5 Å². The molecule has 1 heteroatoms. The first-order valence-electron chi connectivity index (χ1n) is 5.00. The van der Waals surface area contributed by atoms with Crippen molar-refractivity contribution in [3.63, 3.8) is 0 Å². The van der Waals surface area contributed by atoms with Gasteiger partial charge in [0.2, 0.25) is 0 Å². The summed E-state index contributed by atoms with van der Waals surface area (Å²) < 4.78 is 0. The lowest BCUT2D eigenvalue weighted by Crippen LogP contribution is -1.94. The molecule has 0 aliphatic heterocycles. The molecule has 0 spiro atoms. The summed E-state index contributed by atoms with van der Waals surface area (Å²) in [4.78, 5) is 10.9. The van der Waals surface area contributed by atoms with E-state index in [-0.39, 0.29) is 0 Å². The number of carbonyl (C=O) groups excluding carboxylic acids is 1. The van der Waals surface area contributed by atoms with Crippen molar-refractivity contribution in [2.75, 3.05) is 0 Å². The maximum absolute atomic E-state index is 10.9. The molecule has 0 unspecified atom stereocenters. The van der Waals surface area contributed by atoms with Crippen LogP contribution in [-0.2, 0) is 11.2 Å². The van der Waals surface area contributed by atoms with Gasteiger partial charge in [0.1, 0.15) is 6.29 Å². The van der Waals surface area contributed by atoms with Crippen LogP contribution in [0.15, 0.2) is 29.8 Å². The molecule has 0 heterocycles. The molecular formula is C13H14O. The van der Waals surface area contributed by atoms with E-state index in [1.54, 1.807) is 0 Å². The van der Waals surface area contributed by atoms with Gasteiger partial charge in [0.25, 0.3) is 0 Å². The molecule has 0 atom stereocenters. The van der Waals surface area contributed by atoms with Crippen molar-refractivity contribution in [3.05, 3.63) is 41.0 Å². The lowest BCUT2D eigenvalue weighted by molar-refractivity contribution is -0.104. The van der Waals surface area contributed by atoms with Gasteiger partial charge < -0.3 is 0 Å². The molecule has 1 aliphatic rings. The van der Waals surface area contributed by atoms with Gasteiger partial charge in [-0.15, -0.1) is 0 Å². The Kier molecular flexibility index (Phi) is 2.24. The van der Waals surface area contributed by atoms with Crippen molar-refractivity contribution in [1.82, 2.24) is 0 Å². The molecule has 72 valence electrons. The molecule has 0 amide bonds. The highest BCUT2D eigenvalue weighted by Gasteiger charge is 2.22. The number of fused-ring (bicyclic) bond motifs is 1. The van der Waals surface area contributed by atoms with Crippen LogP contribution in [0.2, 0.25) is 0 Å². The summed E-state index contributed by atoms with van der Waals surface area (Å²) in [6, 6.07) is 8.29. The monoisotopic (exact) mass is 186 g/mol. The molecule has 1 aromatic carbocycles. The minimum Gasteiger partial charge on any atom is -0.298 e. The largest absolute Gasteiger partial charge is 0.298 e. The van der Waals surface area contributed by atoms with Crippen LogP contribution in [0.25, 0.3) is 5.57 Å². The molecule has 0 radical (unpaired) electrons. The van der Waals surface area contributed by atoms with Crippen molar-refractivity contribution in [1.29, 1.82) is 0 Å². The van der Waals surface area contributed by atoms with E-state index < -0.39 is 0 Å². The Morgan fingerprint density at radius 3 is 2.64 bits per heavy atom. The standard InChI is InChI=1S/C13H14O/c1-9(2)13-11(8-14)7-10-5-3-4-6-12(10)13/h3-6,8-9H,7H2,1-2H3. The van der Waals surface area contributed by atoms with Crippen LogP contribution in [0.5, 0.6) is 0 Å². The summed E-state index contributed by atoms with van der Waals surface area (Å²) in [5.41, 5.74) is 4.75. The van der Waals surface area contributed by atoms with Crippen molar-refractivity contribution in [2.45, 2.75) is 20.3 Å². The molecule has 1 aliphatic carbocycles. The number of aldehydes is 1. The molecule has 0 fully saturated rings. The van der Waals surface area contributed by atoms with Gasteiger partial charge in [-0.05, 0) is 22.6 Å². The molecule has 0 saturated heterocycles. The van der Waals surface area contributed by atoms with Crippen LogP contribution >= 0.6 is 0 Å². The first-order chi connectivity index (χ1) is 6.74. The van der Waals surface area contributed by atoms with E-state index in [1.807, 2.05) is 12.1 Å². The molecule has 1 nitrogen and oxygen atoms in total. The van der Waals surface area contributed by atoms with Crippen LogP contribution in [0, 0.1) is 5.92 Å². The predicted octanol–water partition coefficient (Wildman–Crippen LogP) is 2.85. The average molecular weight is 186 g/mol. The molecule has 1 aromatic rings. The quantitative estimate of drug-likeness (QED) is 0.649. The highest BCUT2D eigenvalue weighted by atomic mass is 16.1. The summed E-state index contributed by atoms with van der Waals surface area (Å²) in [7, 11) is 0. The van der Waals surface area contributed by atoms with Gasteiger partial charge in [-0.2, -0.15) is 0 Å². The lowest BCUT2D eigenvalue weighted by atomic mass is 9.95. The van der Waals surface area contributed by atoms with E-state index in [4.69, 9.17) is 0 Å². The predicted molar refractivity (Wildman–Crippen MR) is 58.0 cm³/mol. The van der Waals surface area contributed by atoms with Gasteiger partial charge in [-0.3, -0.25) is 4.79 Å². The normalized spacial score (nSPS) is 14.8. The van der Waals surface area contributed by atoms with E-state index in [9.17, 15) is 4.79 Å². The molecule has 0 bridgehead atoms. The highest BCUT2D eigenvalue weighted by molar-refractivity contribution is 5.93. The van der Waals surface area contributed by atoms with E-state index in [0.717, 1.165) is 18.3 Å². The lowest BCUT2D eigenvalue weighted by Gasteiger charge is -2.09. The van der Waals surface area contributed by atoms with Crippen LogP contribution < -0.4 is 0 Å². The first kappa shape index (κ1) is 9.20. The zero-order valence-corrected chi connectivity index (χ0v) is 8.58. The number of hydrogen-bond acceptors (Lipinski definition) is 1. The first-order valence-corrected chi connectivity index (χ1v) is 5.00. The summed E-state index contributed by atoms with van der Waals surface area (Å²) in [6.45, 7) is 4.28. The minimum absolute atomic E-state index is 0.429. The smallest absolute Gasteiger partial charge is 0.146 e. The Balaban J connectivity index is 2.56. The molecule has 2 rings (SSSR count). The SMILES string of the molecule is CC(C)C1=C(C=O)Cc2ccccc21. The van der Waals surface area contributed by atoms with Gasteiger partial charge in [0, 0.05) is 12.0 Å². The van der Waals surface area contributed by atoms with Gasteiger partial charge in [0.05, 0.1) is 0 Å². The number of allylic oxidation sites excluding steroid dienone is 2. The zero-order valence-electron chi connectivity index (χ0n) is 8.58. The third-order valence-corrected chi connectivity index (χ3v) is 2.75. The van der Waals surface area contributed by atoms with Gasteiger partial charge in [0.15, 0.2) is 0 Å². The second-order valence-electron chi connectivity index (χ2n) is 4.05. The van der Waals surface area contributed by atoms with E-state index in [0.29, 0.717) is 5.92 Å². The summed E-state index contributed by atoms with van der Waals surface area (Å²) >= 11 is 0. The van der Waals surface area contributed by atoms with E-state index >= 15 is 0 Å².